The molecular weight excluding hydrogens is 363 g/mol. The average Bonchev–Trinajstić information content (AvgIpc) is 2.87. The van der Waals surface area contributed by atoms with Gasteiger partial charge >= 0.3 is 0 Å². The van der Waals surface area contributed by atoms with E-state index in [0.717, 1.165) is 17.8 Å². The molecule has 0 bridgehead atoms. The van der Waals surface area contributed by atoms with Crippen LogP contribution in [0, 0.1) is 6.92 Å². The summed E-state index contributed by atoms with van der Waals surface area (Å²) in [6.45, 7) is 11.3. The van der Waals surface area contributed by atoms with Crippen molar-refractivity contribution >= 4 is 29.3 Å². The summed E-state index contributed by atoms with van der Waals surface area (Å²) in [6.07, 6.45) is 5.59. The molecule has 0 radical (unpaired) electrons. The maximum absolute atomic E-state index is 6.30. The highest BCUT2D eigenvalue weighted by Crippen LogP contribution is 2.39. The molecule has 0 aliphatic carbocycles. The van der Waals surface area contributed by atoms with Crippen molar-refractivity contribution in [2.75, 3.05) is 0 Å². The van der Waals surface area contributed by atoms with Gasteiger partial charge in [0.25, 0.3) is 0 Å². The first-order valence-electron chi connectivity index (χ1n) is 8.63. The number of rotatable bonds is 5. The molecule has 0 atom stereocenters. The summed E-state index contributed by atoms with van der Waals surface area (Å²) in [5, 5.41) is 1.27. The topological polar surface area (TPSA) is 17.8 Å². The van der Waals surface area contributed by atoms with E-state index in [2.05, 4.69) is 36.9 Å². The summed E-state index contributed by atoms with van der Waals surface area (Å²) in [5.74, 6) is 0.341. The fourth-order valence-electron chi connectivity index (χ4n) is 3.49. The monoisotopic (exact) mass is 384 g/mol. The van der Waals surface area contributed by atoms with Crippen molar-refractivity contribution in [2.24, 2.45) is 0 Å². The lowest BCUT2D eigenvalue weighted by Crippen LogP contribution is -2.05. The minimum atomic E-state index is 0.341. The molecule has 134 valence electrons. The summed E-state index contributed by atoms with van der Waals surface area (Å²) >= 11 is 12.6. The zero-order valence-corrected chi connectivity index (χ0v) is 16.8. The zero-order chi connectivity index (χ0) is 18.8. The van der Waals surface area contributed by atoms with Crippen molar-refractivity contribution < 1.29 is 0 Å². The Labute approximate surface area is 165 Å². The predicted octanol–water partition coefficient (Wildman–Crippen LogP) is 6.98. The minimum absolute atomic E-state index is 0.341. The molecule has 0 saturated carbocycles. The van der Waals surface area contributed by atoms with Gasteiger partial charge in [-0.1, -0.05) is 49.7 Å². The second-order valence-electron chi connectivity index (χ2n) is 6.72. The normalized spacial score (nSPS) is 11.2. The Morgan fingerprint density at radius 3 is 2.27 bits per heavy atom. The SMILES string of the molecule is C=Cc1c(C(C)C)c(-c2cc(Cl)cc(Cl)c2)n(Cc2ccncc2)c1C. The summed E-state index contributed by atoms with van der Waals surface area (Å²) < 4.78 is 2.32. The summed E-state index contributed by atoms with van der Waals surface area (Å²) in [5.41, 5.74) is 7.00. The van der Waals surface area contributed by atoms with Gasteiger partial charge in [0, 0.05) is 40.2 Å². The Balaban J connectivity index is 2.30. The molecule has 0 aliphatic heterocycles. The van der Waals surface area contributed by atoms with Crippen molar-refractivity contribution in [1.82, 2.24) is 9.55 Å². The molecule has 0 amide bonds. The van der Waals surface area contributed by atoms with Gasteiger partial charge in [0.2, 0.25) is 0 Å². The van der Waals surface area contributed by atoms with Gasteiger partial charge in [-0.3, -0.25) is 4.98 Å². The molecule has 0 saturated heterocycles. The maximum atomic E-state index is 6.30. The fraction of sp³-hybridized carbons (Fsp3) is 0.227. The van der Waals surface area contributed by atoms with E-state index in [1.165, 1.54) is 22.4 Å². The number of aromatic nitrogens is 2. The molecule has 2 heterocycles. The smallest absolute Gasteiger partial charge is 0.0528 e. The van der Waals surface area contributed by atoms with Gasteiger partial charge in [-0.05, 0) is 59.9 Å². The molecule has 0 fully saturated rings. The van der Waals surface area contributed by atoms with Gasteiger partial charge in [-0.15, -0.1) is 0 Å². The van der Waals surface area contributed by atoms with E-state index in [1.807, 2.05) is 42.7 Å². The molecule has 3 aromatic rings. The van der Waals surface area contributed by atoms with Gasteiger partial charge in [0.05, 0.1) is 5.69 Å². The van der Waals surface area contributed by atoms with Gasteiger partial charge < -0.3 is 4.57 Å². The number of pyridine rings is 1. The van der Waals surface area contributed by atoms with Crippen molar-refractivity contribution in [2.45, 2.75) is 33.2 Å². The standard InChI is InChI=1S/C22H22Cl2N2/c1-5-20-15(4)26(13-16-6-8-25-9-7-16)22(21(20)14(2)3)17-10-18(23)12-19(24)11-17/h5-12,14H,1,13H2,2-4H3. The van der Waals surface area contributed by atoms with Crippen LogP contribution in [0.1, 0.15) is 42.1 Å². The first-order valence-corrected chi connectivity index (χ1v) is 9.38. The molecule has 0 unspecified atom stereocenters. The molecule has 3 rings (SSSR count). The van der Waals surface area contributed by atoms with Crippen molar-refractivity contribution in [3.63, 3.8) is 0 Å². The van der Waals surface area contributed by atoms with Crippen LogP contribution in [0.3, 0.4) is 0 Å². The highest BCUT2D eigenvalue weighted by molar-refractivity contribution is 6.35. The molecule has 2 aromatic heterocycles. The van der Waals surface area contributed by atoms with Crippen LogP contribution in [0.2, 0.25) is 10.0 Å². The Hall–Kier alpha value is -2.03. The Morgan fingerprint density at radius 1 is 1.12 bits per heavy atom. The third kappa shape index (κ3) is 3.58. The van der Waals surface area contributed by atoms with Crippen LogP contribution in [-0.2, 0) is 6.54 Å². The van der Waals surface area contributed by atoms with Gasteiger partial charge in [0.1, 0.15) is 0 Å². The second kappa shape index (κ2) is 7.69. The van der Waals surface area contributed by atoms with Crippen LogP contribution in [0.5, 0.6) is 0 Å². The third-order valence-electron chi connectivity index (χ3n) is 4.62. The van der Waals surface area contributed by atoms with Gasteiger partial charge in [-0.25, -0.2) is 0 Å². The number of halogens is 2. The molecule has 0 aliphatic rings. The first-order chi connectivity index (χ1) is 12.4. The van der Waals surface area contributed by atoms with Crippen LogP contribution in [0.25, 0.3) is 17.3 Å². The number of benzene rings is 1. The van der Waals surface area contributed by atoms with Gasteiger partial charge in [-0.2, -0.15) is 0 Å². The minimum Gasteiger partial charge on any atom is -0.340 e. The fourth-order valence-corrected chi connectivity index (χ4v) is 4.02. The zero-order valence-electron chi connectivity index (χ0n) is 15.3. The van der Waals surface area contributed by atoms with Crippen molar-refractivity contribution in [3.05, 3.63) is 81.7 Å². The highest BCUT2D eigenvalue weighted by atomic mass is 35.5. The Kier molecular flexibility index (Phi) is 5.55. The molecule has 26 heavy (non-hydrogen) atoms. The molecular formula is C22H22Cl2N2. The van der Waals surface area contributed by atoms with Crippen LogP contribution in [-0.4, -0.2) is 9.55 Å². The van der Waals surface area contributed by atoms with E-state index in [9.17, 15) is 0 Å². The Morgan fingerprint density at radius 2 is 1.73 bits per heavy atom. The first kappa shape index (κ1) is 18.8. The van der Waals surface area contributed by atoms with E-state index in [1.54, 1.807) is 6.07 Å². The van der Waals surface area contributed by atoms with E-state index >= 15 is 0 Å². The summed E-state index contributed by atoms with van der Waals surface area (Å²) in [7, 11) is 0. The third-order valence-corrected chi connectivity index (χ3v) is 5.05. The predicted molar refractivity (Wildman–Crippen MR) is 112 cm³/mol. The lowest BCUT2D eigenvalue weighted by Gasteiger charge is -2.16. The van der Waals surface area contributed by atoms with Crippen LogP contribution < -0.4 is 0 Å². The highest BCUT2D eigenvalue weighted by Gasteiger charge is 2.22. The second-order valence-corrected chi connectivity index (χ2v) is 7.59. The van der Waals surface area contributed by atoms with Crippen LogP contribution in [0.15, 0.2) is 49.3 Å². The number of hydrogen-bond acceptors (Lipinski definition) is 1. The Bertz CT molecular complexity index is 920. The van der Waals surface area contributed by atoms with Crippen molar-refractivity contribution in [3.8, 4) is 11.3 Å². The molecule has 1 aromatic carbocycles. The van der Waals surface area contributed by atoms with Crippen molar-refractivity contribution in [1.29, 1.82) is 0 Å². The van der Waals surface area contributed by atoms with E-state index in [-0.39, 0.29) is 0 Å². The maximum Gasteiger partial charge on any atom is 0.0528 e. The van der Waals surface area contributed by atoms with Gasteiger partial charge in [0.15, 0.2) is 0 Å². The number of hydrogen-bond donors (Lipinski definition) is 0. The summed E-state index contributed by atoms with van der Waals surface area (Å²) in [6, 6.07) is 9.79. The quantitative estimate of drug-likeness (QED) is 0.463. The average molecular weight is 385 g/mol. The number of nitrogens with zero attached hydrogens (tertiary/aromatic N) is 2. The molecule has 4 heteroatoms. The van der Waals surface area contributed by atoms with E-state index in [4.69, 9.17) is 23.2 Å². The molecule has 0 N–H and O–H groups in total. The van der Waals surface area contributed by atoms with Crippen LogP contribution in [0.4, 0.5) is 0 Å². The van der Waals surface area contributed by atoms with Crippen LogP contribution >= 0.6 is 23.2 Å². The molecule has 0 spiro atoms. The van der Waals surface area contributed by atoms with E-state index < -0.39 is 0 Å². The lowest BCUT2D eigenvalue weighted by atomic mass is 9.94. The largest absolute Gasteiger partial charge is 0.340 e. The lowest BCUT2D eigenvalue weighted by molar-refractivity contribution is 0.775. The molecule has 2 nitrogen and oxygen atoms in total. The van der Waals surface area contributed by atoms with E-state index in [0.29, 0.717) is 16.0 Å². The summed E-state index contributed by atoms with van der Waals surface area (Å²) in [4.78, 5) is 4.12.